The van der Waals surface area contributed by atoms with Crippen LogP contribution in [0, 0.1) is 6.92 Å². The van der Waals surface area contributed by atoms with E-state index in [0.29, 0.717) is 36.0 Å². The molecule has 0 N–H and O–H groups in total. The molecule has 3 aromatic carbocycles. The minimum Gasteiger partial charge on any atom is -0.338 e. The van der Waals surface area contributed by atoms with Crippen molar-refractivity contribution >= 4 is 45.6 Å². The van der Waals surface area contributed by atoms with Gasteiger partial charge in [0.05, 0.1) is 16.8 Å². The van der Waals surface area contributed by atoms with Gasteiger partial charge in [-0.3, -0.25) is 9.59 Å². The van der Waals surface area contributed by atoms with Crippen molar-refractivity contribution in [2.24, 2.45) is 0 Å². The van der Waals surface area contributed by atoms with Crippen molar-refractivity contribution in [2.75, 3.05) is 25.4 Å². The number of carbonyl (C=O) groups is 2. The summed E-state index contributed by atoms with van der Waals surface area (Å²) in [4.78, 5) is 34.3. The summed E-state index contributed by atoms with van der Waals surface area (Å²) in [5.74, 6) is -0.376. The second-order valence-corrected chi connectivity index (χ2v) is 11.9. The maximum Gasteiger partial charge on any atom is 0.416 e. The number of carbonyl (C=O) groups excluding carboxylic acids is 2. The largest absolute Gasteiger partial charge is 0.416 e. The van der Waals surface area contributed by atoms with E-state index in [0.717, 1.165) is 34.2 Å². The van der Waals surface area contributed by atoms with Crippen LogP contribution in [0.5, 0.6) is 0 Å². The smallest absolute Gasteiger partial charge is 0.338 e. The average molecular weight is 619 g/mol. The van der Waals surface area contributed by atoms with Crippen LogP contribution in [0.2, 0.25) is 0 Å². The maximum absolute atomic E-state index is 13.2. The van der Waals surface area contributed by atoms with Gasteiger partial charge in [-0.15, -0.1) is 10.2 Å². The molecule has 1 unspecified atom stereocenters. The van der Waals surface area contributed by atoms with Crippen LogP contribution >= 0.6 is 11.8 Å². The fourth-order valence-corrected chi connectivity index (χ4v) is 6.20. The van der Waals surface area contributed by atoms with E-state index in [9.17, 15) is 22.8 Å². The van der Waals surface area contributed by atoms with Crippen LogP contribution in [0.1, 0.15) is 34.0 Å². The number of fused-ring (bicyclic) bond motifs is 3. The molecular weight excluding hydrogens is 589 g/mol. The third-order valence-electron chi connectivity index (χ3n) is 7.81. The number of rotatable bonds is 6. The van der Waals surface area contributed by atoms with Crippen molar-refractivity contribution < 1.29 is 22.8 Å². The summed E-state index contributed by atoms with van der Waals surface area (Å²) in [5.41, 5.74) is 4.02. The van der Waals surface area contributed by atoms with Gasteiger partial charge in [0.2, 0.25) is 11.1 Å². The number of aryl methyl sites for hydroxylation is 1. The van der Waals surface area contributed by atoms with Gasteiger partial charge in [-0.05, 0) is 55.8 Å². The Labute approximate surface area is 255 Å². The molecule has 3 heterocycles. The molecule has 1 saturated heterocycles. The van der Waals surface area contributed by atoms with Gasteiger partial charge in [-0.1, -0.05) is 53.7 Å². The van der Waals surface area contributed by atoms with Crippen LogP contribution in [-0.4, -0.2) is 72.8 Å². The third kappa shape index (κ3) is 5.99. The highest BCUT2D eigenvalue weighted by atomic mass is 32.2. The Balaban J connectivity index is 1.13. The molecule has 0 bridgehead atoms. The minimum absolute atomic E-state index is 0.102. The lowest BCUT2D eigenvalue weighted by Gasteiger charge is -2.40. The van der Waals surface area contributed by atoms with E-state index in [1.165, 1.54) is 23.9 Å². The van der Waals surface area contributed by atoms with E-state index in [1.807, 2.05) is 32.0 Å². The SMILES string of the molecule is Cc1ccc2c(c1)c1nnc(SCC(=O)N3CCN(C(=O)c4ccc(C(F)(F)F)cc4)C(C)C3)nc1n2Cc1ccccc1. The summed E-state index contributed by atoms with van der Waals surface area (Å²) in [6, 6.07) is 20.2. The maximum atomic E-state index is 13.2. The molecule has 44 heavy (non-hydrogen) atoms. The molecule has 1 aliphatic heterocycles. The van der Waals surface area contributed by atoms with Gasteiger partial charge in [0.1, 0.15) is 5.52 Å². The first kappa shape index (κ1) is 29.6. The molecule has 8 nitrogen and oxygen atoms in total. The zero-order valence-corrected chi connectivity index (χ0v) is 24.9. The molecule has 0 radical (unpaired) electrons. The zero-order chi connectivity index (χ0) is 31.0. The topological polar surface area (TPSA) is 84.2 Å². The first-order valence-electron chi connectivity index (χ1n) is 14.1. The molecule has 0 aliphatic carbocycles. The lowest BCUT2D eigenvalue weighted by Crippen LogP contribution is -2.55. The van der Waals surface area contributed by atoms with Gasteiger partial charge in [0.25, 0.3) is 5.91 Å². The molecule has 0 spiro atoms. The molecule has 2 aromatic heterocycles. The number of hydrogen-bond donors (Lipinski definition) is 0. The van der Waals surface area contributed by atoms with Gasteiger partial charge in [-0.25, -0.2) is 4.98 Å². The second kappa shape index (κ2) is 11.9. The van der Waals surface area contributed by atoms with Crippen LogP contribution in [0.3, 0.4) is 0 Å². The molecule has 5 aromatic rings. The van der Waals surface area contributed by atoms with Gasteiger partial charge in [0.15, 0.2) is 5.65 Å². The monoisotopic (exact) mass is 618 g/mol. The van der Waals surface area contributed by atoms with Crippen molar-refractivity contribution in [1.82, 2.24) is 29.5 Å². The van der Waals surface area contributed by atoms with Gasteiger partial charge < -0.3 is 14.4 Å². The predicted octanol–water partition coefficient (Wildman–Crippen LogP) is 5.82. The van der Waals surface area contributed by atoms with Crippen LogP contribution < -0.4 is 0 Å². The van der Waals surface area contributed by atoms with E-state index in [1.54, 1.807) is 9.80 Å². The summed E-state index contributed by atoms with van der Waals surface area (Å²) < 4.78 is 40.8. The highest BCUT2D eigenvalue weighted by Gasteiger charge is 2.33. The Bertz CT molecular complexity index is 1840. The van der Waals surface area contributed by atoms with Gasteiger partial charge in [0, 0.05) is 43.2 Å². The summed E-state index contributed by atoms with van der Waals surface area (Å²) in [6.45, 7) is 5.37. The van der Waals surface area contributed by atoms with Crippen molar-refractivity contribution in [1.29, 1.82) is 0 Å². The molecule has 1 atom stereocenters. The van der Waals surface area contributed by atoms with E-state index in [-0.39, 0.29) is 35.7 Å². The van der Waals surface area contributed by atoms with Crippen LogP contribution in [0.15, 0.2) is 78.0 Å². The number of thioether (sulfide) groups is 1. The summed E-state index contributed by atoms with van der Waals surface area (Å²) >= 11 is 1.21. The number of piperazine rings is 1. The van der Waals surface area contributed by atoms with E-state index in [2.05, 4.69) is 45.1 Å². The van der Waals surface area contributed by atoms with E-state index < -0.39 is 11.7 Å². The van der Waals surface area contributed by atoms with Gasteiger partial charge >= 0.3 is 6.18 Å². The predicted molar refractivity (Wildman–Crippen MR) is 162 cm³/mol. The van der Waals surface area contributed by atoms with Gasteiger partial charge in [-0.2, -0.15) is 13.2 Å². The fourth-order valence-electron chi connectivity index (χ4n) is 5.51. The lowest BCUT2D eigenvalue weighted by molar-refractivity contribution is -0.137. The Morgan fingerprint density at radius 2 is 1.73 bits per heavy atom. The lowest BCUT2D eigenvalue weighted by atomic mass is 10.1. The first-order valence-corrected chi connectivity index (χ1v) is 15.1. The van der Waals surface area contributed by atoms with Crippen LogP contribution in [-0.2, 0) is 17.5 Å². The number of nitrogens with zero attached hydrogens (tertiary/aromatic N) is 6. The zero-order valence-electron chi connectivity index (χ0n) is 24.1. The number of halogens is 3. The molecule has 0 saturated carbocycles. The number of amides is 2. The van der Waals surface area contributed by atoms with Crippen molar-refractivity contribution in [3.8, 4) is 0 Å². The van der Waals surface area contributed by atoms with Crippen molar-refractivity contribution in [3.05, 3.63) is 95.1 Å². The average Bonchev–Trinajstić information content (AvgIpc) is 3.31. The molecule has 226 valence electrons. The van der Waals surface area contributed by atoms with E-state index >= 15 is 0 Å². The van der Waals surface area contributed by atoms with E-state index in [4.69, 9.17) is 4.98 Å². The van der Waals surface area contributed by atoms with Crippen molar-refractivity contribution in [2.45, 2.75) is 37.8 Å². The number of alkyl halides is 3. The highest BCUT2D eigenvalue weighted by Crippen LogP contribution is 2.31. The molecule has 6 rings (SSSR count). The normalized spacial score (nSPS) is 15.7. The molecule has 1 aliphatic rings. The molecule has 12 heteroatoms. The Morgan fingerprint density at radius 3 is 2.43 bits per heavy atom. The standard InChI is InChI=1S/C32H29F3N6O2S/c1-20-8-13-26-25(16-20)28-29(41(26)18-22-6-4-3-5-7-22)36-31(38-37-28)44-19-27(42)39-14-15-40(21(2)17-39)30(43)23-9-11-24(12-10-23)32(33,34)35/h3-13,16,21H,14-15,17-19H2,1-2H3. The third-order valence-corrected chi connectivity index (χ3v) is 8.63. The molecule has 1 fully saturated rings. The summed E-state index contributed by atoms with van der Waals surface area (Å²) in [5, 5.41) is 10.2. The Hall–Kier alpha value is -4.45. The highest BCUT2D eigenvalue weighted by molar-refractivity contribution is 7.99. The number of aromatic nitrogens is 4. The Kier molecular flexibility index (Phi) is 8.02. The minimum atomic E-state index is -4.47. The fraction of sp³-hybridized carbons (Fsp3) is 0.281. The van der Waals surface area contributed by atoms with Crippen LogP contribution in [0.25, 0.3) is 22.1 Å². The summed E-state index contributed by atoms with van der Waals surface area (Å²) in [6.07, 6.45) is -4.47. The van der Waals surface area contributed by atoms with Crippen molar-refractivity contribution in [3.63, 3.8) is 0 Å². The number of hydrogen-bond acceptors (Lipinski definition) is 6. The quantitative estimate of drug-likeness (QED) is 0.223. The first-order chi connectivity index (χ1) is 21.1. The molecular formula is C32H29F3N6O2S. The summed E-state index contributed by atoms with van der Waals surface area (Å²) in [7, 11) is 0. The Morgan fingerprint density at radius 1 is 0.977 bits per heavy atom. The molecule has 2 amide bonds. The van der Waals surface area contributed by atoms with Crippen LogP contribution in [0.4, 0.5) is 13.2 Å². The number of benzene rings is 3. The second-order valence-electron chi connectivity index (χ2n) is 10.9.